The molecule has 7 heteroatoms. The van der Waals surface area contributed by atoms with Crippen LogP contribution >= 0.6 is 0 Å². The molecule has 1 rings (SSSR count). The predicted molar refractivity (Wildman–Crippen MR) is 60.1 cm³/mol. The molecule has 0 fully saturated rings. The van der Waals surface area contributed by atoms with Crippen LogP contribution in [0.5, 0.6) is 11.5 Å². The molecule has 0 radical (unpaired) electrons. The number of hydrogen-bond donors (Lipinski definition) is 2. The Morgan fingerprint density at radius 1 is 1.17 bits per heavy atom. The summed E-state index contributed by atoms with van der Waals surface area (Å²) in [6.45, 7) is -0.639. The van der Waals surface area contributed by atoms with E-state index < -0.39 is 18.8 Å². The molecule has 0 saturated carbocycles. The van der Waals surface area contributed by atoms with Crippen molar-refractivity contribution in [1.29, 1.82) is 0 Å². The molecule has 0 aliphatic rings. The minimum absolute atomic E-state index is 0.370. The van der Waals surface area contributed by atoms with Crippen LogP contribution in [0.2, 0.25) is 0 Å². The van der Waals surface area contributed by atoms with E-state index in [0.717, 1.165) is 0 Å². The molecular weight excluding hydrogens is 251 g/mol. The van der Waals surface area contributed by atoms with Crippen molar-refractivity contribution in [2.75, 3.05) is 26.1 Å². The zero-order valence-electron chi connectivity index (χ0n) is 9.91. The molecule has 2 N–H and O–H groups in total. The molecule has 1 aromatic rings. The van der Waals surface area contributed by atoms with E-state index in [1.165, 1.54) is 26.4 Å². The van der Waals surface area contributed by atoms with E-state index in [-0.39, 0.29) is 0 Å². The summed E-state index contributed by atoms with van der Waals surface area (Å²) in [4.78, 5) is 0. The van der Waals surface area contributed by atoms with Gasteiger partial charge in [-0.15, -0.1) is 0 Å². The van der Waals surface area contributed by atoms with Crippen molar-refractivity contribution in [2.45, 2.75) is 12.3 Å². The van der Waals surface area contributed by atoms with Gasteiger partial charge in [0, 0.05) is 30.4 Å². The Hall–Kier alpha value is -1.63. The molecule has 0 amide bonds. The Balaban J connectivity index is 2.72. The van der Waals surface area contributed by atoms with E-state index in [1.807, 2.05) is 0 Å². The average molecular weight is 265 g/mol. The lowest BCUT2D eigenvalue weighted by Gasteiger charge is -2.16. The van der Waals surface area contributed by atoms with Crippen molar-refractivity contribution in [3.63, 3.8) is 0 Å². The number of halogens is 3. The summed E-state index contributed by atoms with van der Waals surface area (Å²) in [5.41, 5.74) is 0.370. The summed E-state index contributed by atoms with van der Waals surface area (Å²) < 4.78 is 46.2. The molecule has 0 spiro atoms. The summed E-state index contributed by atoms with van der Waals surface area (Å²) in [7, 11) is 2.87. The third kappa shape index (κ3) is 3.99. The number of hydrogen-bond acceptors (Lipinski definition) is 4. The SMILES string of the molecule is COc1cc(NCC(O)C(F)(F)F)cc(OC)c1. The Morgan fingerprint density at radius 2 is 1.67 bits per heavy atom. The van der Waals surface area contributed by atoms with Crippen molar-refractivity contribution in [3.8, 4) is 11.5 Å². The second kappa shape index (κ2) is 5.81. The second-order valence-corrected chi connectivity index (χ2v) is 3.54. The van der Waals surface area contributed by atoms with E-state index in [4.69, 9.17) is 14.6 Å². The summed E-state index contributed by atoms with van der Waals surface area (Å²) >= 11 is 0. The van der Waals surface area contributed by atoms with Gasteiger partial charge in [-0.2, -0.15) is 13.2 Å². The van der Waals surface area contributed by atoms with Crippen molar-refractivity contribution in [3.05, 3.63) is 18.2 Å². The van der Waals surface area contributed by atoms with Crippen molar-refractivity contribution in [1.82, 2.24) is 0 Å². The first-order chi connectivity index (χ1) is 8.36. The summed E-state index contributed by atoms with van der Waals surface area (Å²) in [6, 6.07) is 4.60. The monoisotopic (exact) mass is 265 g/mol. The van der Waals surface area contributed by atoms with Gasteiger partial charge in [-0.25, -0.2) is 0 Å². The normalized spacial score (nSPS) is 13.0. The maximum absolute atomic E-state index is 12.1. The van der Waals surface area contributed by atoms with Crippen LogP contribution in [0.25, 0.3) is 0 Å². The molecule has 0 aromatic heterocycles. The summed E-state index contributed by atoms with van der Waals surface area (Å²) in [5.74, 6) is 0.886. The highest BCUT2D eigenvalue weighted by Gasteiger charge is 2.37. The Labute approximate surface area is 102 Å². The minimum atomic E-state index is -4.64. The fourth-order valence-electron chi connectivity index (χ4n) is 1.24. The number of methoxy groups -OCH3 is 2. The van der Waals surface area contributed by atoms with Crippen LogP contribution in [0.15, 0.2) is 18.2 Å². The first kappa shape index (κ1) is 14.4. The Kier molecular flexibility index (Phi) is 4.66. The fourth-order valence-corrected chi connectivity index (χ4v) is 1.24. The fraction of sp³-hybridized carbons (Fsp3) is 0.455. The molecule has 4 nitrogen and oxygen atoms in total. The number of benzene rings is 1. The minimum Gasteiger partial charge on any atom is -0.497 e. The summed E-state index contributed by atoms with van der Waals surface area (Å²) in [6.07, 6.45) is -7.06. The smallest absolute Gasteiger partial charge is 0.416 e. The Morgan fingerprint density at radius 3 is 2.06 bits per heavy atom. The highest BCUT2D eigenvalue weighted by atomic mass is 19.4. The zero-order chi connectivity index (χ0) is 13.8. The number of aliphatic hydroxyl groups excluding tert-OH is 1. The van der Waals surface area contributed by atoms with E-state index in [9.17, 15) is 13.2 Å². The lowest BCUT2D eigenvalue weighted by Crippen LogP contribution is -2.34. The van der Waals surface area contributed by atoms with Crippen LogP contribution in [-0.2, 0) is 0 Å². The van der Waals surface area contributed by atoms with Gasteiger partial charge < -0.3 is 19.9 Å². The van der Waals surface area contributed by atoms with Gasteiger partial charge in [-0.05, 0) is 0 Å². The van der Waals surface area contributed by atoms with Gasteiger partial charge in [0.25, 0.3) is 0 Å². The molecule has 0 aliphatic heterocycles. The molecule has 0 saturated heterocycles. The first-order valence-electron chi connectivity index (χ1n) is 5.08. The average Bonchev–Trinajstić information content (AvgIpc) is 2.34. The maximum atomic E-state index is 12.1. The van der Waals surface area contributed by atoms with E-state index >= 15 is 0 Å². The zero-order valence-corrected chi connectivity index (χ0v) is 9.91. The summed E-state index contributed by atoms with van der Waals surface area (Å²) in [5, 5.41) is 11.3. The number of rotatable bonds is 5. The van der Waals surface area contributed by atoms with Crippen LogP contribution in [0, 0.1) is 0 Å². The largest absolute Gasteiger partial charge is 0.497 e. The number of aliphatic hydroxyl groups is 1. The molecule has 18 heavy (non-hydrogen) atoms. The van der Waals surface area contributed by atoms with Gasteiger partial charge in [0.2, 0.25) is 0 Å². The highest BCUT2D eigenvalue weighted by Crippen LogP contribution is 2.26. The quantitative estimate of drug-likeness (QED) is 0.855. The highest BCUT2D eigenvalue weighted by molar-refractivity contribution is 5.53. The number of nitrogens with one attached hydrogen (secondary N) is 1. The topological polar surface area (TPSA) is 50.7 Å². The molecule has 0 bridgehead atoms. The van der Waals surface area contributed by atoms with Crippen molar-refractivity contribution >= 4 is 5.69 Å². The predicted octanol–water partition coefficient (Wildman–Crippen LogP) is 2.04. The third-order valence-electron chi connectivity index (χ3n) is 2.23. The number of ether oxygens (including phenoxy) is 2. The standard InChI is InChI=1S/C11H14F3NO3/c1-17-8-3-7(4-9(5-8)18-2)15-6-10(16)11(12,13)14/h3-5,10,15-16H,6H2,1-2H3. The first-order valence-corrected chi connectivity index (χ1v) is 5.08. The van der Waals surface area contributed by atoms with Gasteiger partial charge in [0.15, 0.2) is 6.10 Å². The Bertz CT molecular complexity index is 373. The molecular formula is C11H14F3NO3. The van der Waals surface area contributed by atoms with Crippen molar-refractivity contribution < 1.29 is 27.8 Å². The maximum Gasteiger partial charge on any atom is 0.416 e. The van der Waals surface area contributed by atoms with Crippen molar-refractivity contribution in [2.24, 2.45) is 0 Å². The molecule has 1 aromatic carbocycles. The van der Waals surface area contributed by atoms with Gasteiger partial charge in [-0.1, -0.05) is 0 Å². The molecule has 0 heterocycles. The second-order valence-electron chi connectivity index (χ2n) is 3.54. The van der Waals surface area contributed by atoms with Gasteiger partial charge in [0.1, 0.15) is 11.5 Å². The number of anilines is 1. The van der Waals surface area contributed by atoms with E-state index in [2.05, 4.69) is 5.32 Å². The lowest BCUT2D eigenvalue weighted by molar-refractivity contribution is -0.198. The van der Waals surface area contributed by atoms with Crippen LogP contribution in [0.3, 0.4) is 0 Å². The number of alkyl halides is 3. The van der Waals surface area contributed by atoms with Gasteiger partial charge >= 0.3 is 6.18 Å². The molecule has 1 atom stereocenters. The van der Waals surface area contributed by atoms with Crippen LogP contribution in [0.1, 0.15) is 0 Å². The van der Waals surface area contributed by atoms with E-state index in [1.54, 1.807) is 6.07 Å². The third-order valence-corrected chi connectivity index (χ3v) is 2.23. The van der Waals surface area contributed by atoms with Gasteiger partial charge in [-0.3, -0.25) is 0 Å². The van der Waals surface area contributed by atoms with Crippen LogP contribution in [0.4, 0.5) is 18.9 Å². The molecule has 0 aliphatic carbocycles. The van der Waals surface area contributed by atoms with Gasteiger partial charge in [0.05, 0.1) is 14.2 Å². The van der Waals surface area contributed by atoms with E-state index in [0.29, 0.717) is 17.2 Å². The molecule has 102 valence electrons. The molecule has 1 unspecified atom stereocenters. The van der Waals surface area contributed by atoms with Crippen LogP contribution in [-0.4, -0.2) is 38.2 Å². The van der Waals surface area contributed by atoms with Crippen LogP contribution < -0.4 is 14.8 Å². The lowest BCUT2D eigenvalue weighted by atomic mass is 10.2.